The van der Waals surface area contributed by atoms with Crippen molar-refractivity contribution in [3.63, 3.8) is 0 Å². The van der Waals surface area contributed by atoms with Crippen LogP contribution in [0, 0.1) is 0 Å². The minimum Gasteiger partial charge on any atom is -0.281 e. The van der Waals surface area contributed by atoms with Gasteiger partial charge in [-0.2, -0.15) is 0 Å². The molecule has 0 aromatic heterocycles. The molecule has 3 amide bonds. The predicted molar refractivity (Wildman–Crippen MR) is 83.3 cm³/mol. The van der Waals surface area contributed by atoms with Gasteiger partial charge in [-0.05, 0) is 32.2 Å². The van der Waals surface area contributed by atoms with Gasteiger partial charge in [0.2, 0.25) is 0 Å². The summed E-state index contributed by atoms with van der Waals surface area (Å²) in [5.74, 6) is -0.136. The third-order valence-electron chi connectivity index (χ3n) is 3.94. The summed E-state index contributed by atoms with van der Waals surface area (Å²) in [7, 11) is 0. The fourth-order valence-corrected chi connectivity index (χ4v) is 2.89. The molecule has 1 aliphatic heterocycles. The van der Waals surface area contributed by atoms with Gasteiger partial charge in [-0.15, -0.1) is 0 Å². The summed E-state index contributed by atoms with van der Waals surface area (Å²) >= 11 is 0. The molecule has 21 heavy (non-hydrogen) atoms. The molecule has 0 N–H and O–H groups in total. The van der Waals surface area contributed by atoms with Crippen molar-refractivity contribution < 1.29 is 9.59 Å². The normalized spacial score (nSPS) is 19.1. The molecule has 108 valence electrons. The van der Waals surface area contributed by atoms with Crippen LogP contribution in [-0.4, -0.2) is 28.9 Å². The second-order valence-corrected chi connectivity index (χ2v) is 5.63. The lowest BCUT2D eigenvalue weighted by atomic mass is 10.1. The van der Waals surface area contributed by atoms with E-state index in [1.807, 2.05) is 56.3 Å². The maximum absolute atomic E-state index is 12.6. The third-order valence-corrected chi connectivity index (χ3v) is 3.94. The minimum atomic E-state index is -0.467. The lowest BCUT2D eigenvalue weighted by molar-refractivity contribution is -0.128. The first-order valence-electron chi connectivity index (χ1n) is 7.16. The zero-order chi connectivity index (χ0) is 15.1. The van der Waals surface area contributed by atoms with Crippen LogP contribution in [0.4, 0.5) is 10.5 Å². The summed E-state index contributed by atoms with van der Waals surface area (Å²) in [6.07, 6.45) is 0. The molecule has 2 aromatic rings. The van der Waals surface area contributed by atoms with E-state index in [0.717, 1.165) is 16.5 Å². The van der Waals surface area contributed by atoms with E-state index in [0.29, 0.717) is 0 Å². The molecule has 1 saturated heterocycles. The average molecular weight is 282 g/mol. The molecule has 0 aliphatic carbocycles. The van der Waals surface area contributed by atoms with E-state index in [1.165, 1.54) is 4.90 Å². The standard InChI is InChI=1S/C17H18N2O2/c1-11(2)18-16(20)12(3)19(17(18)21)15-10-6-8-13-7-4-5-9-14(13)15/h4-12H,1-3H3. The van der Waals surface area contributed by atoms with Gasteiger partial charge in [-0.1, -0.05) is 36.4 Å². The van der Waals surface area contributed by atoms with E-state index < -0.39 is 6.04 Å². The Morgan fingerprint density at radius 2 is 1.67 bits per heavy atom. The number of anilines is 1. The highest BCUT2D eigenvalue weighted by atomic mass is 16.2. The van der Waals surface area contributed by atoms with Crippen LogP contribution in [0.1, 0.15) is 20.8 Å². The Labute approximate surface area is 124 Å². The third kappa shape index (κ3) is 1.98. The molecular weight excluding hydrogens is 264 g/mol. The molecule has 2 aromatic carbocycles. The van der Waals surface area contributed by atoms with Crippen molar-refractivity contribution >= 4 is 28.4 Å². The maximum atomic E-state index is 12.6. The van der Waals surface area contributed by atoms with Crippen LogP contribution < -0.4 is 4.90 Å². The average Bonchev–Trinajstić information content (AvgIpc) is 2.69. The molecule has 1 aliphatic rings. The summed E-state index contributed by atoms with van der Waals surface area (Å²) in [4.78, 5) is 27.9. The number of rotatable bonds is 2. The van der Waals surface area contributed by atoms with Gasteiger partial charge in [0.25, 0.3) is 5.91 Å². The molecule has 1 atom stereocenters. The zero-order valence-corrected chi connectivity index (χ0v) is 12.4. The number of benzene rings is 2. The Balaban J connectivity index is 2.15. The van der Waals surface area contributed by atoms with Crippen molar-refractivity contribution in [3.05, 3.63) is 42.5 Å². The number of hydrogen-bond acceptors (Lipinski definition) is 2. The molecule has 0 radical (unpaired) electrons. The number of imide groups is 1. The summed E-state index contributed by atoms with van der Waals surface area (Å²) in [6, 6.07) is 12.9. The van der Waals surface area contributed by atoms with Crippen LogP contribution in [-0.2, 0) is 4.79 Å². The highest BCUT2D eigenvalue weighted by molar-refractivity contribution is 6.17. The first-order valence-corrected chi connectivity index (χ1v) is 7.16. The fraction of sp³-hybridized carbons (Fsp3) is 0.294. The number of hydrogen-bond donors (Lipinski definition) is 0. The van der Waals surface area contributed by atoms with Crippen LogP contribution >= 0.6 is 0 Å². The van der Waals surface area contributed by atoms with Crippen LogP contribution in [0.15, 0.2) is 42.5 Å². The first kappa shape index (κ1) is 13.6. The molecule has 1 heterocycles. The lowest BCUT2D eigenvalue weighted by Gasteiger charge is -2.22. The van der Waals surface area contributed by atoms with E-state index in [1.54, 1.807) is 11.8 Å². The van der Waals surface area contributed by atoms with Crippen LogP contribution in [0.3, 0.4) is 0 Å². The smallest absolute Gasteiger partial charge is 0.281 e. The Hall–Kier alpha value is -2.36. The molecule has 4 nitrogen and oxygen atoms in total. The van der Waals surface area contributed by atoms with Gasteiger partial charge in [-0.3, -0.25) is 14.6 Å². The lowest BCUT2D eigenvalue weighted by Crippen LogP contribution is -2.38. The van der Waals surface area contributed by atoms with E-state index >= 15 is 0 Å². The largest absolute Gasteiger partial charge is 0.332 e. The molecule has 0 spiro atoms. The molecule has 1 unspecified atom stereocenters. The summed E-state index contributed by atoms with van der Waals surface area (Å²) in [6.45, 7) is 5.49. The number of carbonyl (C=O) groups excluding carboxylic acids is 2. The molecule has 4 heteroatoms. The molecule has 0 saturated carbocycles. The highest BCUT2D eigenvalue weighted by Gasteiger charge is 2.44. The Morgan fingerprint density at radius 1 is 1.00 bits per heavy atom. The van der Waals surface area contributed by atoms with Gasteiger partial charge < -0.3 is 0 Å². The molecule has 0 bridgehead atoms. The molecule has 1 fully saturated rings. The topological polar surface area (TPSA) is 40.6 Å². The number of fused-ring (bicyclic) bond motifs is 1. The van der Waals surface area contributed by atoms with Gasteiger partial charge in [0, 0.05) is 11.4 Å². The fourth-order valence-electron chi connectivity index (χ4n) is 2.89. The van der Waals surface area contributed by atoms with E-state index in [2.05, 4.69) is 0 Å². The minimum absolute atomic E-state index is 0.132. The van der Waals surface area contributed by atoms with Crippen molar-refractivity contribution in [2.75, 3.05) is 4.90 Å². The molecular formula is C17H18N2O2. The van der Waals surface area contributed by atoms with Crippen LogP contribution in [0.5, 0.6) is 0 Å². The van der Waals surface area contributed by atoms with E-state index in [9.17, 15) is 9.59 Å². The SMILES string of the molecule is CC(C)N1C(=O)C(C)N(c2cccc3ccccc23)C1=O. The van der Waals surface area contributed by atoms with E-state index in [-0.39, 0.29) is 18.0 Å². The Morgan fingerprint density at radius 3 is 2.33 bits per heavy atom. The molecule has 3 rings (SSSR count). The zero-order valence-electron chi connectivity index (χ0n) is 12.4. The van der Waals surface area contributed by atoms with Crippen LogP contribution in [0.25, 0.3) is 10.8 Å². The summed E-state index contributed by atoms with van der Waals surface area (Å²) in [5.41, 5.74) is 0.794. The van der Waals surface area contributed by atoms with Crippen molar-refractivity contribution in [1.82, 2.24) is 4.90 Å². The van der Waals surface area contributed by atoms with Gasteiger partial charge in [-0.25, -0.2) is 4.79 Å². The number of amides is 3. The Bertz CT molecular complexity index is 718. The second kappa shape index (κ2) is 4.88. The quantitative estimate of drug-likeness (QED) is 0.792. The number of nitrogens with zero attached hydrogens (tertiary/aromatic N) is 2. The van der Waals surface area contributed by atoms with E-state index in [4.69, 9.17) is 0 Å². The maximum Gasteiger partial charge on any atom is 0.332 e. The monoisotopic (exact) mass is 282 g/mol. The van der Waals surface area contributed by atoms with Gasteiger partial charge in [0.05, 0.1) is 5.69 Å². The van der Waals surface area contributed by atoms with Crippen molar-refractivity contribution in [2.45, 2.75) is 32.9 Å². The first-order chi connectivity index (χ1) is 10.0. The van der Waals surface area contributed by atoms with Crippen molar-refractivity contribution in [2.24, 2.45) is 0 Å². The number of carbonyl (C=O) groups is 2. The summed E-state index contributed by atoms with van der Waals surface area (Å²) < 4.78 is 0. The van der Waals surface area contributed by atoms with Crippen LogP contribution in [0.2, 0.25) is 0 Å². The van der Waals surface area contributed by atoms with Gasteiger partial charge in [0.1, 0.15) is 6.04 Å². The predicted octanol–water partition coefficient (Wildman–Crippen LogP) is 3.41. The van der Waals surface area contributed by atoms with Crippen molar-refractivity contribution in [1.29, 1.82) is 0 Å². The van der Waals surface area contributed by atoms with Gasteiger partial charge in [0.15, 0.2) is 0 Å². The highest BCUT2D eigenvalue weighted by Crippen LogP contribution is 2.32. The van der Waals surface area contributed by atoms with Crippen molar-refractivity contribution in [3.8, 4) is 0 Å². The number of urea groups is 1. The van der Waals surface area contributed by atoms with Gasteiger partial charge >= 0.3 is 6.03 Å². The summed E-state index contributed by atoms with van der Waals surface area (Å²) in [5, 5.41) is 2.05. The second-order valence-electron chi connectivity index (χ2n) is 5.63. The Kier molecular flexibility index (Phi) is 3.16.